The van der Waals surface area contributed by atoms with E-state index in [1.807, 2.05) is 39.9 Å². The molecule has 1 aromatic carbocycles. The topological polar surface area (TPSA) is 84.0 Å². The summed E-state index contributed by atoms with van der Waals surface area (Å²) >= 11 is 0. The number of ether oxygens (including phenoxy) is 1. The molecule has 1 atom stereocenters. The average Bonchev–Trinajstić information content (AvgIpc) is 3.16. The average molecular weight is 411 g/mol. The maximum absolute atomic E-state index is 12.7. The molecule has 0 radical (unpaired) electrons. The number of aromatic nitrogens is 3. The molecule has 1 unspecified atom stereocenters. The largest absolute Gasteiger partial charge is 0.381 e. The second-order valence-electron chi connectivity index (χ2n) is 7.82. The molecule has 0 spiro atoms. The summed E-state index contributed by atoms with van der Waals surface area (Å²) in [5, 5.41) is 14.3. The lowest BCUT2D eigenvalue weighted by Gasteiger charge is -2.43. The molecule has 3 aromatic rings. The SMILES string of the molecule is C=CC(=O)N1Cc2c(-c3ccncc3)c(-c3cccc(C#N)c3)nn2CC1C1COC1. The Kier molecular flexibility index (Phi) is 4.85. The van der Waals surface area contributed by atoms with Crippen LogP contribution in [0.2, 0.25) is 0 Å². The van der Waals surface area contributed by atoms with Gasteiger partial charge in [0.15, 0.2) is 0 Å². The number of nitrogens with zero attached hydrogens (tertiary/aromatic N) is 5. The Balaban J connectivity index is 1.68. The van der Waals surface area contributed by atoms with Crippen LogP contribution in [0.15, 0.2) is 61.4 Å². The van der Waals surface area contributed by atoms with Crippen LogP contribution >= 0.6 is 0 Å². The van der Waals surface area contributed by atoms with E-state index in [0.29, 0.717) is 31.9 Å². The Labute approximate surface area is 180 Å². The summed E-state index contributed by atoms with van der Waals surface area (Å²) in [6, 6.07) is 13.6. The number of nitriles is 1. The van der Waals surface area contributed by atoms with Crippen LogP contribution in [0.1, 0.15) is 11.3 Å². The highest BCUT2D eigenvalue weighted by molar-refractivity contribution is 5.88. The van der Waals surface area contributed by atoms with Gasteiger partial charge in [0.25, 0.3) is 0 Å². The van der Waals surface area contributed by atoms with Crippen LogP contribution < -0.4 is 0 Å². The minimum Gasteiger partial charge on any atom is -0.381 e. The van der Waals surface area contributed by atoms with Gasteiger partial charge in [-0.3, -0.25) is 14.5 Å². The zero-order valence-corrected chi connectivity index (χ0v) is 16.9. The van der Waals surface area contributed by atoms with Crippen molar-refractivity contribution in [3.63, 3.8) is 0 Å². The van der Waals surface area contributed by atoms with Crippen molar-refractivity contribution in [1.82, 2.24) is 19.7 Å². The lowest BCUT2D eigenvalue weighted by molar-refractivity contribution is -0.139. The number of benzene rings is 1. The fourth-order valence-electron chi connectivity index (χ4n) is 4.36. The van der Waals surface area contributed by atoms with Crippen LogP contribution in [0.5, 0.6) is 0 Å². The number of hydrogen-bond donors (Lipinski definition) is 0. The molecule has 0 bridgehead atoms. The van der Waals surface area contributed by atoms with E-state index < -0.39 is 0 Å². The summed E-state index contributed by atoms with van der Waals surface area (Å²) in [6.07, 6.45) is 4.87. The number of hydrogen-bond acceptors (Lipinski definition) is 5. The second kappa shape index (κ2) is 7.82. The zero-order chi connectivity index (χ0) is 21.4. The summed E-state index contributed by atoms with van der Waals surface area (Å²) in [4.78, 5) is 18.8. The van der Waals surface area contributed by atoms with Crippen molar-refractivity contribution < 1.29 is 9.53 Å². The van der Waals surface area contributed by atoms with Crippen molar-refractivity contribution in [2.75, 3.05) is 13.2 Å². The first-order chi connectivity index (χ1) is 15.2. The number of amides is 1. The maximum atomic E-state index is 12.7. The van der Waals surface area contributed by atoms with E-state index in [1.165, 1.54) is 6.08 Å². The smallest absolute Gasteiger partial charge is 0.246 e. The molecular weight excluding hydrogens is 390 g/mol. The molecule has 0 N–H and O–H groups in total. The molecule has 2 aliphatic rings. The number of rotatable bonds is 4. The maximum Gasteiger partial charge on any atom is 0.246 e. The van der Waals surface area contributed by atoms with E-state index in [2.05, 4.69) is 17.6 Å². The monoisotopic (exact) mass is 411 g/mol. The molecule has 4 heterocycles. The van der Waals surface area contributed by atoms with Gasteiger partial charge in [0, 0.05) is 29.4 Å². The Morgan fingerprint density at radius 1 is 1.23 bits per heavy atom. The fourth-order valence-corrected chi connectivity index (χ4v) is 4.36. The van der Waals surface area contributed by atoms with Crippen LogP contribution in [0, 0.1) is 17.2 Å². The molecule has 0 aliphatic carbocycles. The number of pyridine rings is 1. The zero-order valence-electron chi connectivity index (χ0n) is 16.9. The van der Waals surface area contributed by atoms with Crippen LogP contribution in [0.25, 0.3) is 22.4 Å². The number of carbonyl (C=O) groups is 1. The molecule has 1 saturated heterocycles. The van der Waals surface area contributed by atoms with E-state index in [9.17, 15) is 10.1 Å². The van der Waals surface area contributed by atoms with Gasteiger partial charge in [0.1, 0.15) is 5.69 Å². The first-order valence-electron chi connectivity index (χ1n) is 10.2. The standard InChI is InChI=1S/C24H21N5O2/c1-2-22(30)28-12-21-23(17-6-8-26-9-7-17)24(18-5-3-4-16(10-18)11-25)27-29(21)13-20(28)19-14-31-15-19/h2-10,19-20H,1,12-15H2. The summed E-state index contributed by atoms with van der Waals surface area (Å²) in [5.41, 5.74) is 5.16. The van der Waals surface area contributed by atoms with Gasteiger partial charge in [-0.1, -0.05) is 18.7 Å². The van der Waals surface area contributed by atoms with Gasteiger partial charge in [-0.2, -0.15) is 10.4 Å². The van der Waals surface area contributed by atoms with E-state index >= 15 is 0 Å². The van der Waals surface area contributed by atoms with Gasteiger partial charge in [-0.15, -0.1) is 0 Å². The van der Waals surface area contributed by atoms with E-state index in [0.717, 1.165) is 28.1 Å². The van der Waals surface area contributed by atoms with Crippen LogP contribution in [-0.4, -0.2) is 44.8 Å². The van der Waals surface area contributed by atoms with Crippen LogP contribution in [0.4, 0.5) is 0 Å². The predicted molar refractivity (Wildman–Crippen MR) is 114 cm³/mol. The molecule has 154 valence electrons. The summed E-state index contributed by atoms with van der Waals surface area (Å²) in [7, 11) is 0. The molecule has 2 aliphatic heterocycles. The first kappa shape index (κ1) is 19.2. The Bertz CT molecular complexity index is 1190. The highest BCUT2D eigenvalue weighted by Crippen LogP contribution is 2.39. The normalized spacial score (nSPS) is 18.0. The highest BCUT2D eigenvalue weighted by Gasteiger charge is 2.40. The third-order valence-corrected chi connectivity index (χ3v) is 6.04. The van der Waals surface area contributed by atoms with Crippen molar-refractivity contribution in [2.45, 2.75) is 19.1 Å². The van der Waals surface area contributed by atoms with Crippen LogP contribution in [-0.2, 0) is 22.6 Å². The number of fused-ring (bicyclic) bond motifs is 1. The van der Waals surface area contributed by atoms with Gasteiger partial charge in [0.2, 0.25) is 5.91 Å². The molecule has 31 heavy (non-hydrogen) atoms. The lowest BCUT2D eigenvalue weighted by Crippen LogP contribution is -2.54. The Hall–Kier alpha value is -3.76. The first-order valence-corrected chi connectivity index (χ1v) is 10.2. The van der Waals surface area contributed by atoms with Crippen molar-refractivity contribution >= 4 is 5.91 Å². The minimum atomic E-state index is -0.0851. The van der Waals surface area contributed by atoms with Crippen LogP contribution in [0.3, 0.4) is 0 Å². The Morgan fingerprint density at radius 2 is 2.03 bits per heavy atom. The molecule has 2 aromatic heterocycles. The summed E-state index contributed by atoms with van der Waals surface area (Å²) in [6.45, 7) is 6.03. The lowest BCUT2D eigenvalue weighted by atomic mass is 9.92. The molecule has 7 heteroatoms. The predicted octanol–water partition coefficient (Wildman–Crippen LogP) is 3.03. The highest BCUT2D eigenvalue weighted by atomic mass is 16.5. The van der Waals surface area contributed by atoms with Crippen molar-refractivity contribution in [1.29, 1.82) is 5.26 Å². The molecule has 1 fully saturated rings. The molecule has 5 rings (SSSR count). The van der Waals surface area contributed by atoms with Gasteiger partial charge < -0.3 is 9.64 Å². The molecule has 7 nitrogen and oxygen atoms in total. The van der Waals surface area contributed by atoms with Gasteiger partial charge >= 0.3 is 0 Å². The third-order valence-electron chi connectivity index (χ3n) is 6.04. The minimum absolute atomic E-state index is 0.00947. The van der Waals surface area contributed by atoms with Crippen molar-refractivity contribution in [3.05, 3.63) is 72.7 Å². The van der Waals surface area contributed by atoms with Crippen molar-refractivity contribution in [2.24, 2.45) is 5.92 Å². The van der Waals surface area contributed by atoms with Crippen molar-refractivity contribution in [3.8, 4) is 28.5 Å². The molecular formula is C24H21N5O2. The van der Waals surface area contributed by atoms with Gasteiger partial charge in [-0.25, -0.2) is 0 Å². The van der Waals surface area contributed by atoms with Gasteiger partial charge in [-0.05, 0) is 35.9 Å². The summed E-state index contributed by atoms with van der Waals surface area (Å²) in [5.74, 6) is 0.203. The molecule has 1 amide bonds. The number of carbonyl (C=O) groups excluding carboxylic acids is 1. The summed E-state index contributed by atoms with van der Waals surface area (Å²) < 4.78 is 7.41. The van der Waals surface area contributed by atoms with Gasteiger partial charge in [0.05, 0.1) is 49.7 Å². The molecule has 0 saturated carbocycles. The van der Waals surface area contributed by atoms with E-state index in [-0.39, 0.29) is 17.9 Å². The fraction of sp³-hybridized carbons (Fsp3) is 0.250. The second-order valence-corrected chi connectivity index (χ2v) is 7.82. The van der Waals surface area contributed by atoms with E-state index in [4.69, 9.17) is 9.84 Å². The third kappa shape index (κ3) is 3.31. The Morgan fingerprint density at radius 3 is 2.71 bits per heavy atom. The quantitative estimate of drug-likeness (QED) is 0.616. The van der Waals surface area contributed by atoms with E-state index in [1.54, 1.807) is 18.5 Å².